The van der Waals surface area contributed by atoms with E-state index >= 15 is 0 Å². The van der Waals surface area contributed by atoms with Crippen LogP contribution in [0.5, 0.6) is 0 Å². The minimum atomic E-state index is -0.168. The highest BCUT2D eigenvalue weighted by Gasteiger charge is 2.32. The van der Waals surface area contributed by atoms with Crippen molar-refractivity contribution in [1.29, 1.82) is 5.26 Å². The summed E-state index contributed by atoms with van der Waals surface area (Å²) in [5.41, 5.74) is 0. The Balaban J connectivity index is 1.78. The van der Waals surface area contributed by atoms with Gasteiger partial charge in [-0.15, -0.1) is 0 Å². The molecule has 2 fully saturated rings. The molecule has 18 heavy (non-hydrogen) atoms. The first kappa shape index (κ1) is 13.4. The molecule has 3 nitrogen and oxygen atoms in total. The standard InChI is InChI=1S/C15H24N2O/c1-12-9-14(10-16)17(11-12)15(18)8-7-13-5-3-2-4-6-13/h12-14H,2-9,11H2,1H3. The first-order valence-electron chi connectivity index (χ1n) is 7.39. The molecule has 3 heteroatoms. The molecule has 0 spiro atoms. The average molecular weight is 248 g/mol. The molecule has 0 aromatic rings. The number of nitrogens with zero attached hydrogens (tertiary/aromatic N) is 2. The zero-order valence-electron chi connectivity index (χ0n) is 11.4. The van der Waals surface area contributed by atoms with E-state index in [0.29, 0.717) is 12.3 Å². The molecular formula is C15H24N2O. The van der Waals surface area contributed by atoms with Gasteiger partial charge in [0, 0.05) is 13.0 Å². The number of likely N-dealkylation sites (tertiary alicyclic amines) is 1. The van der Waals surface area contributed by atoms with Gasteiger partial charge in [-0.05, 0) is 24.7 Å². The fourth-order valence-corrected chi connectivity index (χ4v) is 3.39. The van der Waals surface area contributed by atoms with Crippen LogP contribution in [0.15, 0.2) is 0 Å². The summed E-state index contributed by atoms with van der Waals surface area (Å²) < 4.78 is 0. The van der Waals surface area contributed by atoms with Gasteiger partial charge in [0.25, 0.3) is 0 Å². The lowest BCUT2D eigenvalue weighted by Crippen LogP contribution is -2.35. The molecule has 0 aromatic carbocycles. The molecule has 2 atom stereocenters. The molecule has 0 radical (unpaired) electrons. The second kappa shape index (κ2) is 6.22. The molecule has 2 aliphatic rings. The van der Waals surface area contributed by atoms with Gasteiger partial charge in [-0.2, -0.15) is 5.26 Å². The molecule has 1 amide bonds. The Morgan fingerprint density at radius 2 is 2.06 bits per heavy atom. The van der Waals surface area contributed by atoms with Crippen LogP contribution in [0.3, 0.4) is 0 Å². The molecule has 100 valence electrons. The summed E-state index contributed by atoms with van der Waals surface area (Å²) in [6.45, 7) is 2.90. The third-order valence-electron chi connectivity index (χ3n) is 4.47. The molecule has 0 N–H and O–H groups in total. The second-order valence-electron chi connectivity index (χ2n) is 6.07. The smallest absolute Gasteiger partial charge is 0.223 e. The van der Waals surface area contributed by atoms with Crippen LogP contribution in [0.25, 0.3) is 0 Å². The molecular weight excluding hydrogens is 224 g/mol. The van der Waals surface area contributed by atoms with Crippen molar-refractivity contribution in [3.8, 4) is 6.07 Å². The van der Waals surface area contributed by atoms with Crippen molar-refractivity contribution in [2.75, 3.05) is 6.54 Å². The Morgan fingerprint density at radius 3 is 2.72 bits per heavy atom. The number of carbonyl (C=O) groups is 1. The number of amides is 1. The van der Waals surface area contributed by atoms with E-state index in [2.05, 4.69) is 13.0 Å². The van der Waals surface area contributed by atoms with Crippen molar-refractivity contribution in [1.82, 2.24) is 4.90 Å². The molecule has 2 unspecified atom stereocenters. The molecule has 0 aromatic heterocycles. The largest absolute Gasteiger partial charge is 0.326 e. The Bertz CT molecular complexity index is 328. The topological polar surface area (TPSA) is 44.1 Å². The summed E-state index contributed by atoms with van der Waals surface area (Å²) in [4.78, 5) is 14.0. The van der Waals surface area contributed by atoms with Crippen LogP contribution >= 0.6 is 0 Å². The van der Waals surface area contributed by atoms with Crippen molar-refractivity contribution in [2.24, 2.45) is 11.8 Å². The summed E-state index contributed by atoms with van der Waals surface area (Å²) >= 11 is 0. The van der Waals surface area contributed by atoms with Crippen LogP contribution in [0.1, 0.15) is 58.3 Å². The quantitative estimate of drug-likeness (QED) is 0.770. The summed E-state index contributed by atoms with van der Waals surface area (Å²) in [6.07, 6.45) is 9.16. The maximum Gasteiger partial charge on any atom is 0.223 e. The van der Waals surface area contributed by atoms with Crippen molar-refractivity contribution < 1.29 is 4.79 Å². The summed E-state index contributed by atoms with van der Waals surface area (Å²) in [5, 5.41) is 9.08. The molecule has 1 aliphatic carbocycles. The average Bonchev–Trinajstić information content (AvgIpc) is 2.78. The van der Waals surface area contributed by atoms with Gasteiger partial charge in [-0.25, -0.2) is 0 Å². The lowest BCUT2D eigenvalue weighted by molar-refractivity contribution is -0.131. The first-order chi connectivity index (χ1) is 8.70. The highest BCUT2D eigenvalue weighted by Crippen LogP contribution is 2.29. The Morgan fingerprint density at radius 1 is 1.33 bits per heavy atom. The van der Waals surface area contributed by atoms with Gasteiger partial charge >= 0.3 is 0 Å². The van der Waals surface area contributed by atoms with E-state index in [1.807, 2.05) is 4.90 Å². The van der Waals surface area contributed by atoms with Crippen molar-refractivity contribution >= 4 is 5.91 Å². The lowest BCUT2D eigenvalue weighted by atomic mass is 9.86. The van der Waals surface area contributed by atoms with E-state index < -0.39 is 0 Å². The van der Waals surface area contributed by atoms with Crippen LogP contribution < -0.4 is 0 Å². The van der Waals surface area contributed by atoms with Crippen LogP contribution in [-0.2, 0) is 4.79 Å². The second-order valence-corrected chi connectivity index (χ2v) is 6.07. The minimum absolute atomic E-state index is 0.168. The number of hydrogen-bond donors (Lipinski definition) is 0. The van der Waals surface area contributed by atoms with Gasteiger partial charge in [-0.3, -0.25) is 4.79 Å². The monoisotopic (exact) mass is 248 g/mol. The van der Waals surface area contributed by atoms with E-state index in [4.69, 9.17) is 5.26 Å². The number of hydrogen-bond acceptors (Lipinski definition) is 2. The van der Waals surface area contributed by atoms with E-state index in [1.165, 1.54) is 32.1 Å². The zero-order valence-corrected chi connectivity index (χ0v) is 11.4. The van der Waals surface area contributed by atoms with Crippen molar-refractivity contribution in [2.45, 2.75) is 64.3 Å². The Labute approximate surface area is 110 Å². The number of nitriles is 1. The van der Waals surface area contributed by atoms with E-state index in [-0.39, 0.29) is 11.9 Å². The van der Waals surface area contributed by atoms with Gasteiger partial charge in [-0.1, -0.05) is 39.0 Å². The fraction of sp³-hybridized carbons (Fsp3) is 0.867. The third kappa shape index (κ3) is 3.25. The van der Waals surface area contributed by atoms with Crippen LogP contribution in [0, 0.1) is 23.2 Å². The molecule has 1 heterocycles. The number of rotatable bonds is 3. The van der Waals surface area contributed by atoms with Crippen molar-refractivity contribution in [3.63, 3.8) is 0 Å². The maximum atomic E-state index is 12.2. The SMILES string of the molecule is CC1CC(C#N)N(C(=O)CCC2CCCCC2)C1. The summed E-state index contributed by atoms with van der Waals surface area (Å²) in [6, 6.07) is 2.10. The predicted octanol–water partition coefficient (Wildman–Crippen LogP) is 3.11. The molecule has 2 rings (SSSR count). The van der Waals surface area contributed by atoms with E-state index in [1.54, 1.807) is 0 Å². The highest BCUT2D eigenvalue weighted by molar-refractivity contribution is 5.77. The minimum Gasteiger partial charge on any atom is -0.326 e. The van der Waals surface area contributed by atoms with Crippen LogP contribution in [0.4, 0.5) is 0 Å². The highest BCUT2D eigenvalue weighted by atomic mass is 16.2. The molecule has 1 saturated carbocycles. The molecule has 0 bridgehead atoms. The van der Waals surface area contributed by atoms with Gasteiger partial charge in [0.15, 0.2) is 0 Å². The van der Waals surface area contributed by atoms with Crippen LogP contribution in [0.2, 0.25) is 0 Å². The summed E-state index contributed by atoms with van der Waals surface area (Å²) in [7, 11) is 0. The molecule has 1 saturated heterocycles. The normalized spacial score (nSPS) is 29.2. The zero-order chi connectivity index (χ0) is 13.0. The predicted molar refractivity (Wildman–Crippen MR) is 70.7 cm³/mol. The maximum absolute atomic E-state index is 12.2. The lowest BCUT2D eigenvalue weighted by Gasteiger charge is -2.24. The van der Waals surface area contributed by atoms with E-state index in [9.17, 15) is 4.79 Å². The summed E-state index contributed by atoms with van der Waals surface area (Å²) in [5.74, 6) is 1.44. The van der Waals surface area contributed by atoms with Gasteiger partial charge in [0.2, 0.25) is 5.91 Å². The molecule has 1 aliphatic heterocycles. The Hall–Kier alpha value is -1.04. The van der Waals surface area contributed by atoms with E-state index in [0.717, 1.165) is 25.3 Å². The van der Waals surface area contributed by atoms with Gasteiger partial charge in [0.1, 0.15) is 6.04 Å². The Kier molecular flexibility index (Phi) is 4.63. The van der Waals surface area contributed by atoms with Gasteiger partial charge in [0.05, 0.1) is 6.07 Å². The first-order valence-corrected chi connectivity index (χ1v) is 7.39. The third-order valence-corrected chi connectivity index (χ3v) is 4.47. The van der Waals surface area contributed by atoms with Crippen LogP contribution in [-0.4, -0.2) is 23.4 Å². The van der Waals surface area contributed by atoms with Crippen molar-refractivity contribution in [3.05, 3.63) is 0 Å². The van der Waals surface area contributed by atoms with Gasteiger partial charge < -0.3 is 4.90 Å². The number of carbonyl (C=O) groups excluding carboxylic acids is 1. The fourth-order valence-electron chi connectivity index (χ4n) is 3.39.